The van der Waals surface area contributed by atoms with E-state index >= 15 is 0 Å². The normalized spacial score (nSPS) is 16.6. The van der Waals surface area contributed by atoms with E-state index in [0.29, 0.717) is 19.5 Å². The van der Waals surface area contributed by atoms with Crippen LogP contribution in [0.1, 0.15) is 6.42 Å². The number of benzene rings is 1. The van der Waals surface area contributed by atoms with Crippen LogP contribution in [-0.2, 0) is 4.79 Å². The van der Waals surface area contributed by atoms with Crippen molar-refractivity contribution in [1.82, 2.24) is 5.32 Å². The number of carbonyl (C=O) groups excluding carboxylic acids is 1. The summed E-state index contributed by atoms with van der Waals surface area (Å²) >= 11 is 0. The number of hydrogen-bond donors (Lipinski definition) is 2. The lowest BCUT2D eigenvalue weighted by atomic mass is 10.2. The molecule has 2 rings (SSSR count). The molecule has 0 spiro atoms. The first-order valence-corrected chi connectivity index (χ1v) is 5.34. The van der Waals surface area contributed by atoms with Crippen LogP contribution in [0.5, 0.6) is 0 Å². The van der Waals surface area contributed by atoms with Gasteiger partial charge in [0.2, 0.25) is 5.91 Å². The molecular formula is C11H13F2N3O. The number of nitrogen functional groups attached to an aromatic ring is 1. The molecule has 0 bridgehead atoms. The van der Waals surface area contributed by atoms with Gasteiger partial charge in [-0.3, -0.25) is 4.79 Å². The summed E-state index contributed by atoms with van der Waals surface area (Å²) in [6.45, 7) is 0.986. The van der Waals surface area contributed by atoms with Crippen molar-refractivity contribution < 1.29 is 13.6 Å². The summed E-state index contributed by atoms with van der Waals surface area (Å²) in [5, 5.41) is 2.66. The predicted molar refractivity (Wildman–Crippen MR) is 60.6 cm³/mol. The third-order valence-corrected chi connectivity index (χ3v) is 2.68. The molecule has 1 aliphatic rings. The first-order chi connectivity index (χ1) is 8.09. The molecule has 1 aliphatic heterocycles. The largest absolute Gasteiger partial charge is 0.397 e. The van der Waals surface area contributed by atoms with Crippen molar-refractivity contribution >= 4 is 17.3 Å². The van der Waals surface area contributed by atoms with Crippen LogP contribution in [0.2, 0.25) is 0 Å². The zero-order valence-corrected chi connectivity index (χ0v) is 9.17. The Labute approximate surface area is 97.4 Å². The summed E-state index contributed by atoms with van der Waals surface area (Å²) in [4.78, 5) is 12.8. The number of amides is 1. The van der Waals surface area contributed by atoms with Crippen LogP contribution in [-0.4, -0.2) is 25.5 Å². The first kappa shape index (κ1) is 11.6. The first-order valence-electron chi connectivity index (χ1n) is 5.34. The number of nitrogens with two attached hydrogens (primary N) is 1. The quantitative estimate of drug-likeness (QED) is 0.717. The van der Waals surface area contributed by atoms with Crippen LogP contribution >= 0.6 is 0 Å². The van der Waals surface area contributed by atoms with Gasteiger partial charge in [-0.05, 0) is 18.6 Å². The molecule has 0 radical (unpaired) electrons. The number of rotatable bonds is 1. The monoisotopic (exact) mass is 241 g/mol. The standard InChI is InChI=1S/C11H13F2N3O/c12-7-2-3-8(14)11(10(7)13)16-5-1-4-15-9(17)6-16/h2-3H,1,4-6,14H2,(H,15,17). The molecule has 4 nitrogen and oxygen atoms in total. The van der Waals surface area contributed by atoms with Crippen LogP contribution in [0.4, 0.5) is 20.2 Å². The zero-order valence-electron chi connectivity index (χ0n) is 9.17. The van der Waals surface area contributed by atoms with Gasteiger partial charge in [-0.15, -0.1) is 0 Å². The van der Waals surface area contributed by atoms with Crippen LogP contribution in [0.15, 0.2) is 12.1 Å². The van der Waals surface area contributed by atoms with Crippen molar-refractivity contribution in [2.75, 3.05) is 30.3 Å². The van der Waals surface area contributed by atoms with Crippen molar-refractivity contribution in [3.05, 3.63) is 23.8 Å². The number of hydrogen-bond acceptors (Lipinski definition) is 3. The van der Waals surface area contributed by atoms with E-state index in [1.807, 2.05) is 0 Å². The molecule has 1 fully saturated rings. The van der Waals surface area contributed by atoms with E-state index in [9.17, 15) is 13.6 Å². The average Bonchev–Trinajstić information content (AvgIpc) is 2.49. The fraction of sp³-hybridized carbons (Fsp3) is 0.364. The van der Waals surface area contributed by atoms with Gasteiger partial charge >= 0.3 is 0 Å². The van der Waals surface area contributed by atoms with Crippen LogP contribution in [0.3, 0.4) is 0 Å². The molecule has 1 aromatic rings. The Kier molecular flexibility index (Phi) is 3.12. The van der Waals surface area contributed by atoms with Gasteiger partial charge in [0.05, 0.1) is 17.9 Å². The highest BCUT2D eigenvalue weighted by Crippen LogP contribution is 2.29. The van der Waals surface area contributed by atoms with Crippen LogP contribution in [0, 0.1) is 11.6 Å². The molecule has 0 aliphatic carbocycles. The summed E-state index contributed by atoms with van der Waals surface area (Å²) < 4.78 is 26.8. The minimum atomic E-state index is -1.00. The van der Waals surface area contributed by atoms with E-state index in [1.165, 1.54) is 11.0 Å². The SMILES string of the molecule is Nc1ccc(F)c(F)c1N1CCCNC(=O)C1. The molecule has 92 valence electrons. The summed E-state index contributed by atoms with van der Waals surface area (Å²) in [6.07, 6.45) is 0.668. The highest BCUT2D eigenvalue weighted by atomic mass is 19.2. The minimum Gasteiger partial charge on any atom is -0.397 e. The molecule has 1 saturated heterocycles. The number of carbonyl (C=O) groups is 1. The van der Waals surface area contributed by atoms with E-state index < -0.39 is 11.6 Å². The van der Waals surface area contributed by atoms with Crippen molar-refractivity contribution in [3.63, 3.8) is 0 Å². The summed E-state index contributed by atoms with van der Waals surface area (Å²) in [5.41, 5.74) is 5.75. The third-order valence-electron chi connectivity index (χ3n) is 2.68. The molecular weight excluding hydrogens is 228 g/mol. The average molecular weight is 241 g/mol. The summed E-state index contributed by atoms with van der Waals surface area (Å²) in [6, 6.07) is 2.28. The fourth-order valence-electron chi connectivity index (χ4n) is 1.87. The lowest BCUT2D eigenvalue weighted by Gasteiger charge is -2.23. The molecule has 17 heavy (non-hydrogen) atoms. The van der Waals surface area contributed by atoms with E-state index in [1.54, 1.807) is 0 Å². The zero-order chi connectivity index (χ0) is 12.4. The van der Waals surface area contributed by atoms with Gasteiger partial charge in [-0.1, -0.05) is 0 Å². The predicted octanol–water partition coefficient (Wildman–Crippen LogP) is 0.873. The summed E-state index contributed by atoms with van der Waals surface area (Å²) in [5.74, 6) is -2.18. The second kappa shape index (κ2) is 4.57. The van der Waals surface area contributed by atoms with Gasteiger partial charge < -0.3 is 16.0 Å². The number of halogens is 2. The molecule has 1 amide bonds. The third kappa shape index (κ3) is 2.30. The van der Waals surface area contributed by atoms with Gasteiger partial charge in [0.1, 0.15) is 0 Å². The van der Waals surface area contributed by atoms with E-state index in [0.717, 1.165) is 6.07 Å². The van der Waals surface area contributed by atoms with Crippen molar-refractivity contribution in [2.24, 2.45) is 0 Å². The maximum absolute atomic E-state index is 13.7. The van der Waals surface area contributed by atoms with Crippen molar-refractivity contribution in [1.29, 1.82) is 0 Å². The Morgan fingerprint density at radius 2 is 2.12 bits per heavy atom. The Hall–Kier alpha value is -1.85. The van der Waals surface area contributed by atoms with E-state index in [2.05, 4.69) is 5.32 Å². The fourth-order valence-corrected chi connectivity index (χ4v) is 1.87. The highest BCUT2D eigenvalue weighted by molar-refractivity contribution is 5.83. The topological polar surface area (TPSA) is 58.4 Å². The van der Waals surface area contributed by atoms with Crippen molar-refractivity contribution in [2.45, 2.75) is 6.42 Å². The molecule has 0 unspecified atom stereocenters. The Morgan fingerprint density at radius 3 is 2.88 bits per heavy atom. The Balaban J connectivity index is 2.38. The number of nitrogens with one attached hydrogen (secondary N) is 1. The second-order valence-corrected chi connectivity index (χ2v) is 3.92. The van der Waals surface area contributed by atoms with Crippen molar-refractivity contribution in [3.8, 4) is 0 Å². The Bertz CT molecular complexity index is 451. The van der Waals surface area contributed by atoms with E-state index in [-0.39, 0.29) is 23.8 Å². The number of anilines is 2. The van der Waals surface area contributed by atoms with Gasteiger partial charge in [-0.2, -0.15) is 0 Å². The molecule has 6 heteroatoms. The van der Waals surface area contributed by atoms with Gasteiger partial charge in [0.25, 0.3) is 0 Å². The molecule has 1 heterocycles. The molecule has 0 saturated carbocycles. The maximum Gasteiger partial charge on any atom is 0.239 e. The van der Waals surface area contributed by atoms with Gasteiger partial charge in [-0.25, -0.2) is 8.78 Å². The van der Waals surface area contributed by atoms with Gasteiger partial charge in [0.15, 0.2) is 11.6 Å². The van der Waals surface area contributed by atoms with Crippen LogP contribution < -0.4 is 16.0 Å². The maximum atomic E-state index is 13.7. The lowest BCUT2D eigenvalue weighted by molar-refractivity contribution is -0.119. The van der Waals surface area contributed by atoms with Crippen LogP contribution in [0.25, 0.3) is 0 Å². The van der Waals surface area contributed by atoms with Gasteiger partial charge in [0, 0.05) is 13.1 Å². The summed E-state index contributed by atoms with van der Waals surface area (Å²) in [7, 11) is 0. The Morgan fingerprint density at radius 1 is 1.35 bits per heavy atom. The second-order valence-electron chi connectivity index (χ2n) is 3.92. The highest BCUT2D eigenvalue weighted by Gasteiger charge is 2.22. The lowest BCUT2D eigenvalue weighted by Crippen LogP contribution is -2.34. The molecule has 3 N–H and O–H groups in total. The molecule has 0 aromatic heterocycles. The molecule has 1 aromatic carbocycles. The smallest absolute Gasteiger partial charge is 0.239 e. The minimum absolute atomic E-state index is 0.00935. The molecule has 0 atom stereocenters. The number of nitrogens with zero attached hydrogens (tertiary/aromatic N) is 1. The van der Waals surface area contributed by atoms with E-state index in [4.69, 9.17) is 5.73 Å².